The van der Waals surface area contributed by atoms with Gasteiger partial charge in [-0.25, -0.2) is 8.78 Å². The van der Waals surface area contributed by atoms with E-state index in [1.54, 1.807) is 20.0 Å². The first kappa shape index (κ1) is 15.6. The second kappa shape index (κ2) is 5.94. The van der Waals surface area contributed by atoms with E-state index >= 15 is 0 Å². The maximum absolute atomic E-state index is 14.2. The van der Waals surface area contributed by atoms with Crippen LogP contribution < -0.4 is 5.32 Å². The van der Waals surface area contributed by atoms with E-state index in [1.807, 2.05) is 13.8 Å². The molecule has 112 valence electrons. The van der Waals surface area contributed by atoms with Crippen molar-refractivity contribution in [2.24, 2.45) is 0 Å². The van der Waals surface area contributed by atoms with Crippen LogP contribution in [0.5, 0.6) is 0 Å². The lowest BCUT2D eigenvalue weighted by Gasteiger charge is -2.22. The second-order valence-electron chi connectivity index (χ2n) is 5.64. The van der Waals surface area contributed by atoms with Gasteiger partial charge in [0.2, 0.25) is 0 Å². The minimum absolute atomic E-state index is 0.288. The van der Waals surface area contributed by atoms with E-state index in [4.69, 9.17) is 0 Å². The van der Waals surface area contributed by atoms with E-state index in [1.165, 1.54) is 5.56 Å². The van der Waals surface area contributed by atoms with Gasteiger partial charge >= 0.3 is 0 Å². The molecule has 0 fully saturated rings. The van der Waals surface area contributed by atoms with Crippen LogP contribution in [0.4, 0.5) is 8.78 Å². The lowest BCUT2D eigenvalue weighted by Crippen LogP contribution is -2.20. The Morgan fingerprint density at radius 1 is 0.714 bits per heavy atom. The fourth-order valence-corrected chi connectivity index (χ4v) is 2.67. The molecule has 21 heavy (non-hydrogen) atoms. The summed E-state index contributed by atoms with van der Waals surface area (Å²) in [6, 6.07) is 6.43. The minimum Gasteiger partial charge on any atom is -0.309 e. The number of aryl methyl sites for hydroxylation is 4. The average molecular weight is 289 g/mol. The lowest BCUT2D eigenvalue weighted by atomic mass is 9.91. The van der Waals surface area contributed by atoms with E-state index in [0.717, 1.165) is 22.8 Å². The third-order valence-corrected chi connectivity index (χ3v) is 4.07. The molecule has 0 radical (unpaired) electrons. The maximum Gasteiger partial charge on any atom is 0.131 e. The van der Waals surface area contributed by atoms with Crippen molar-refractivity contribution in [1.82, 2.24) is 5.32 Å². The molecule has 3 heteroatoms. The van der Waals surface area contributed by atoms with Gasteiger partial charge in [-0.15, -0.1) is 0 Å². The van der Waals surface area contributed by atoms with Gasteiger partial charge in [0.15, 0.2) is 0 Å². The molecule has 0 aromatic heterocycles. The Morgan fingerprint density at radius 3 is 1.90 bits per heavy atom. The monoisotopic (exact) mass is 289 g/mol. The fraction of sp³-hybridized carbons (Fsp3) is 0.333. The molecule has 0 amide bonds. The molecule has 0 aliphatic rings. The summed E-state index contributed by atoms with van der Waals surface area (Å²) in [5, 5.41) is 3.15. The highest BCUT2D eigenvalue weighted by Gasteiger charge is 2.20. The van der Waals surface area contributed by atoms with Crippen LogP contribution in [0, 0.1) is 39.3 Å². The molecule has 2 aromatic rings. The highest BCUT2D eigenvalue weighted by molar-refractivity contribution is 5.43. The smallest absolute Gasteiger partial charge is 0.131 e. The topological polar surface area (TPSA) is 12.0 Å². The number of hydrogen-bond acceptors (Lipinski definition) is 1. The van der Waals surface area contributed by atoms with Crippen molar-refractivity contribution in [2.75, 3.05) is 7.05 Å². The van der Waals surface area contributed by atoms with Crippen LogP contribution in [0.15, 0.2) is 24.3 Å². The van der Waals surface area contributed by atoms with Gasteiger partial charge in [-0.05, 0) is 68.6 Å². The van der Waals surface area contributed by atoms with Gasteiger partial charge in [0, 0.05) is 11.6 Å². The van der Waals surface area contributed by atoms with Crippen LogP contribution in [0.3, 0.4) is 0 Å². The molecule has 0 heterocycles. The van der Waals surface area contributed by atoms with Gasteiger partial charge < -0.3 is 5.32 Å². The van der Waals surface area contributed by atoms with Gasteiger partial charge in [0.25, 0.3) is 0 Å². The molecule has 0 bridgehead atoms. The molecule has 1 atom stereocenters. The van der Waals surface area contributed by atoms with Gasteiger partial charge in [-0.1, -0.05) is 12.1 Å². The summed E-state index contributed by atoms with van der Waals surface area (Å²) < 4.78 is 27.6. The maximum atomic E-state index is 14.2. The molecular formula is C18H21F2N. The predicted octanol–water partition coefficient (Wildman–Crippen LogP) is 4.51. The molecule has 2 rings (SSSR count). The van der Waals surface area contributed by atoms with Crippen LogP contribution in [0.25, 0.3) is 0 Å². The zero-order valence-electron chi connectivity index (χ0n) is 13.1. The Bertz CT molecular complexity index is 620. The first-order chi connectivity index (χ1) is 9.85. The summed E-state index contributed by atoms with van der Waals surface area (Å²) in [7, 11) is 1.79. The first-order valence-corrected chi connectivity index (χ1v) is 7.05. The zero-order valence-corrected chi connectivity index (χ0v) is 13.1. The summed E-state index contributed by atoms with van der Waals surface area (Å²) in [6.07, 6.45) is 0. The van der Waals surface area contributed by atoms with Crippen LogP contribution in [0.1, 0.15) is 39.4 Å². The van der Waals surface area contributed by atoms with Gasteiger partial charge in [-0.3, -0.25) is 0 Å². The number of halogens is 2. The van der Waals surface area contributed by atoms with Crippen molar-refractivity contribution >= 4 is 0 Å². The fourth-order valence-electron chi connectivity index (χ4n) is 2.67. The molecule has 0 aliphatic carbocycles. The Balaban J connectivity index is 2.60. The van der Waals surface area contributed by atoms with E-state index in [-0.39, 0.29) is 6.04 Å². The number of nitrogens with one attached hydrogen (secondary N) is 1. The standard InChI is InChI=1S/C18H21F2N/c1-10-6-12(3)14(7-11(10)2)18(21-5)15-8-13(4)16(19)9-17(15)20/h6-9,18,21H,1-5H3. The third-order valence-electron chi connectivity index (χ3n) is 4.07. The SMILES string of the molecule is CNC(c1cc(C)c(C)cc1C)c1cc(C)c(F)cc1F. The molecule has 0 aliphatic heterocycles. The first-order valence-electron chi connectivity index (χ1n) is 7.05. The lowest BCUT2D eigenvalue weighted by molar-refractivity contribution is 0.547. The van der Waals surface area contributed by atoms with Gasteiger partial charge in [0.1, 0.15) is 11.6 Å². The average Bonchev–Trinajstić information content (AvgIpc) is 2.42. The van der Waals surface area contributed by atoms with Crippen molar-refractivity contribution in [1.29, 1.82) is 0 Å². The van der Waals surface area contributed by atoms with Crippen molar-refractivity contribution in [3.8, 4) is 0 Å². The number of rotatable bonds is 3. The molecule has 0 saturated carbocycles. The summed E-state index contributed by atoms with van der Waals surface area (Å²) in [4.78, 5) is 0. The predicted molar refractivity (Wildman–Crippen MR) is 82.7 cm³/mol. The van der Waals surface area contributed by atoms with Gasteiger partial charge in [0.05, 0.1) is 6.04 Å². The van der Waals surface area contributed by atoms with E-state index < -0.39 is 11.6 Å². The number of benzene rings is 2. The van der Waals surface area contributed by atoms with Crippen LogP contribution in [0.2, 0.25) is 0 Å². The van der Waals surface area contributed by atoms with Crippen molar-refractivity contribution in [3.63, 3.8) is 0 Å². The van der Waals surface area contributed by atoms with Crippen LogP contribution in [-0.4, -0.2) is 7.05 Å². The van der Waals surface area contributed by atoms with Crippen LogP contribution >= 0.6 is 0 Å². The minimum atomic E-state index is -0.518. The summed E-state index contributed by atoms with van der Waals surface area (Å²) >= 11 is 0. The van der Waals surface area contributed by atoms with Gasteiger partial charge in [-0.2, -0.15) is 0 Å². The summed E-state index contributed by atoms with van der Waals surface area (Å²) in [5.41, 5.74) is 5.41. The van der Waals surface area contributed by atoms with Crippen molar-refractivity contribution in [2.45, 2.75) is 33.7 Å². The second-order valence-corrected chi connectivity index (χ2v) is 5.64. The van der Waals surface area contributed by atoms with E-state index in [9.17, 15) is 8.78 Å². The Hall–Kier alpha value is -1.74. The van der Waals surface area contributed by atoms with Crippen LogP contribution in [-0.2, 0) is 0 Å². The molecule has 2 aromatic carbocycles. The van der Waals surface area contributed by atoms with Crippen molar-refractivity contribution in [3.05, 3.63) is 69.3 Å². The van der Waals surface area contributed by atoms with Crippen molar-refractivity contribution < 1.29 is 8.78 Å². The molecule has 1 nitrogen and oxygen atoms in total. The highest BCUT2D eigenvalue weighted by Crippen LogP contribution is 2.30. The largest absolute Gasteiger partial charge is 0.309 e. The van der Waals surface area contributed by atoms with E-state index in [2.05, 4.69) is 24.4 Å². The molecular weight excluding hydrogens is 268 g/mol. The quantitative estimate of drug-likeness (QED) is 0.876. The Morgan fingerprint density at radius 2 is 1.29 bits per heavy atom. The normalized spacial score (nSPS) is 12.5. The molecule has 0 spiro atoms. The third kappa shape index (κ3) is 2.98. The zero-order chi connectivity index (χ0) is 15.7. The Labute approximate surface area is 125 Å². The van der Waals surface area contributed by atoms with E-state index in [0.29, 0.717) is 11.1 Å². The molecule has 1 unspecified atom stereocenters. The summed E-state index contributed by atoms with van der Waals surface area (Å²) in [6.45, 7) is 7.76. The molecule has 0 saturated heterocycles. The summed E-state index contributed by atoms with van der Waals surface area (Å²) in [5.74, 6) is -1.03. The number of hydrogen-bond donors (Lipinski definition) is 1. The Kier molecular flexibility index (Phi) is 4.43. The molecule has 1 N–H and O–H groups in total. The highest BCUT2D eigenvalue weighted by atomic mass is 19.1.